The van der Waals surface area contributed by atoms with Gasteiger partial charge in [0.2, 0.25) is 0 Å². The maximum atomic E-state index is 5.62. The minimum Gasteiger partial charge on any atom is -0.380 e. The van der Waals surface area contributed by atoms with Crippen LogP contribution in [0, 0.1) is 5.92 Å². The number of benzene rings is 1. The first-order valence-electron chi connectivity index (χ1n) is 9.23. The molecule has 1 heterocycles. The maximum absolute atomic E-state index is 5.62. The molecule has 0 saturated heterocycles. The number of rotatable bonds is 10. The van der Waals surface area contributed by atoms with Gasteiger partial charge >= 0.3 is 0 Å². The number of nitrogens with zero attached hydrogens (tertiary/aromatic N) is 3. The zero-order chi connectivity index (χ0) is 18.6. The number of ether oxygens (including phenoxy) is 1. The lowest BCUT2D eigenvalue weighted by atomic mass is 10.1. The first kappa shape index (κ1) is 20.0. The van der Waals surface area contributed by atoms with Crippen molar-refractivity contribution in [3.8, 4) is 0 Å². The van der Waals surface area contributed by atoms with Crippen LogP contribution in [-0.4, -0.2) is 42.3 Å². The van der Waals surface area contributed by atoms with E-state index in [0.29, 0.717) is 12.5 Å². The second kappa shape index (κ2) is 11.3. The monoisotopic (exact) mass is 357 g/mol. The molecule has 0 radical (unpaired) electrons. The third-order valence-corrected chi connectivity index (χ3v) is 3.98. The third kappa shape index (κ3) is 7.70. The molecule has 0 bridgehead atoms. The Hall–Kier alpha value is -2.34. The van der Waals surface area contributed by atoms with Gasteiger partial charge in [0.1, 0.15) is 0 Å². The molecule has 0 aliphatic carbocycles. The standard InChI is InChI=1S/C20H31N5O/c1-17(2)7-11-26-12-9-23-20(21-3)24-14-18-5-4-6-19(13-18)15-25-10-8-22-16-25/h4-6,8,10,13,16-17H,7,9,11-12,14-15H2,1-3H3,(H2,21,23,24). The van der Waals surface area contributed by atoms with E-state index in [2.05, 4.69) is 63.3 Å². The Bertz CT molecular complexity index is 652. The van der Waals surface area contributed by atoms with Crippen molar-refractivity contribution >= 4 is 5.96 Å². The molecule has 6 heteroatoms. The van der Waals surface area contributed by atoms with Gasteiger partial charge in [-0.3, -0.25) is 4.99 Å². The van der Waals surface area contributed by atoms with Gasteiger partial charge in [-0.1, -0.05) is 38.1 Å². The van der Waals surface area contributed by atoms with Crippen molar-refractivity contribution in [2.75, 3.05) is 26.8 Å². The van der Waals surface area contributed by atoms with Gasteiger partial charge in [-0.25, -0.2) is 4.98 Å². The van der Waals surface area contributed by atoms with Crippen LogP contribution in [0.3, 0.4) is 0 Å². The van der Waals surface area contributed by atoms with E-state index in [-0.39, 0.29) is 0 Å². The molecule has 2 rings (SSSR count). The van der Waals surface area contributed by atoms with Crippen LogP contribution >= 0.6 is 0 Å². The molecular formula is C20H31N5O. The fraction of sp³-hybridized carbons (Fsp3) is 0.500. The third-order valence-electron chi connectivity index (χ3n) is 3.98. The summed E-state index contributed by atoms with van der Waals surface area (Å²) >= 11 is 0. The van der Waals surface area contributed by atoms with Crippen molar-refractivity contribution in [2.45, 2.75) is 33.4 Å². The lowest BCUT2D eigenvalue weighted by Gasteiger charge is -2.13. The van der Waals surface area contributed by atoms with Gasteiger partial charge in [-0.2, -0.15) is 0 Å². The van der Waals surface area contributed by atoms with Crippen LogP contribution in [0.4, 0.5) is 0 Å². The van der Waals surface area contributed by atoms with Gasteiger partial charge in [0.25, 0.3) is 0 Å². The van der Waals surface area contributed by atoms with Gasteiger partial charge in [-0.15, -0.1) is 0 Å². The summed E-state index contributed by atoms with van der Waals surface area (Å²) in [7, 11) is 1.78. The van der Waals surface area contributed by atoms with E-state index in [1.165, 1.54) is 11.1 Å². The molecule has 2 N–H and O–H groups in total. The molecule has 142 valence electrons. The van der Waals surface area contributed by atoms with E-state index >= 15 is 0 Å². The van der Waals surface area contributed by atoms with E-state index < -0.39 is 0 Å². The largest absolute Gasteiger partial charge is 0.380 e. The smallest absolute Gasteiger partial charge is 0.191 e. The summed E-state index contributed by atoms with van der Waals surface area (Å²) in [6, 6.07) is 8.54. The Kier molecular flexibility index (Phi) is 8.69. The van der Waals surface area contributed by atoms with Crippen LogP contribution in [0.5, 0.6) is 0 Å². The van der Waals surface area contributed by atoms with Crippen molar-refractivity contribution in [2.24, 2.45) is 10.9 Å². The van der Waals surface area contributed by atoms with Gasteiger partial charge in [-0.05, 0) is 23.5 Å². The Morgan fingerprint density at radius 3 is 2.81 bits per heavy atom. The molecule has 0 fully saturated rings. The second-order valence-electron chi connectivity index (χ2n) is 6.70. The zero-order valence-corrected chi connectivity index (χ0v) is 16.1. The van der Waals surface area contributed by atoms with Gasteiger partial charge in [0.15, 0.2) is 5.96 Å². The van der Waals surface area contributed by atoms with Crippen LogP contribution in [0.2, 0.25) is 0 Å². The summed E-state index contributed by atoms with van der Waals surface area (Å²) in [5.74, 6) is 1.47. The molecule has 1 aromatic heterocycles. The molecule has 0 saturated carbocycles. The molecule has 0 amide bonds. The van der Waals surface area contributed by atoms with Gasteiger partial charge in [0.05, 0.1) is 12.9 Å². The number of guanidine groups is 1. The highest BCUT2D eigenvalue weighted by atomic mass is 16.5. The highest BCUT2D eigenvalue weighted by Crippen LogP contribution is 2.07. The molecule has 0 spiro atoms. The number of hydrogen-bond acceptors (Lipinski definition) is 3. The predicted octanol–water partition coefficient (Wildman–Crippen LogP) is 2.66. The van der Waals surface area contributed by atoms with Crippen molar-refractivity contribution in [3.63, 3.8) is 0 Å². The van der Waals surface area contributed by atoms with Crippen LogP contribution < -0.4 is 10.6 Å². The van der Waals surface area contributed by atoms with E-state index in [9.17, 15) is 0 Å². The van der Waals surface area contributed by atoms with Crippen LogP contribution in [-0.2, 0) is 17.8 Å². The minimum atomic E-state index is 0.682. The van der Waals surface area contributed by atoms with Gasteiger partial charge < -0.3 is 19.9 Å². The average molecular weight is 358 g/mol. The number of imidazole rings is 1. The zero-order valence-electron chi connectivity index (χ0n) is 16.1. The predicted molar refractivity (Wildman–Crippen MR) is 106 cm³/mol. The van der Waals surface area contributed by atoms with Gasteiger partial charge in [0, 0.05) is 45.7 Å². The SMILES string of the molecule is CN=C(NCCOCCC(C)C)NCc1cccc(Cn2ccnc2)c1. The maximum Gasteiger partial charge on any atom is 0.191 e. The highest BCUT2D eigenvalue weighted by Gasteiger charge is 2.01. The van der Waals surface area contributed by atoms with E-state index in [0.717, 1.165) is 38.6 Å². The Morgan fingerprint density at radius 1 is 1.23 bits per heavy atom. The molecule has 0 aliphatic rings. The quantitative estimate of drug-likeness (QED) is 0.390. The van der Waals surface area contributed by atoms with E-state index in [4.69, 9.17) is 4.74 Å². The summed E-state index contributed by atoms with van der Waals surface area (Å²) in [4.78, 5) is 8.34. The summed E-state index contributed by atoms with van der Waals surface area (Å²) in [5.41, 5.74) is 2.47. The van der Waals surface area contributed by atoms with E-state index in [1.54, 1.807) is 13.2 Å². The molecule has 0 atom stereocenters. The van der Waals surface area contributed by atoms with Crippen LogP contribution in [0.25, 0.3) is 0 Å². The molecule has 26 heavy (non-hydrogen) atoms. The summed E-state index contributed by atoms with van der Waals surface area (Å²) in [6.45, 7) is 8.22. The topological polar surface area (TPSA) is 63.5 Å². The van der Waals surface area contributed by atoms with Crippen molar-refractivity contribution in [1.29, 1.82) is 0 Å². The lowest BCUT2D eigenvalue weighted by molar-refractivity contribution is 0.128. The molecule has 0 aliphatic heterocycles. The fourth-order valence-electron chi connectivity index (χ4n) is 2.50. The summed E-state index contributed by atoms with van der Waals surface area (Å²) in [6.07, 6.45) is 6.70. The fourth-order valence-corrected chi connectivity index (χ4v) is 2.50. The first-order valence-corrected chi connectivity index (χ1v) is 9.23. The molecule has 6 nitrogen and oxygen atoms in total. The molecule has 1 aromatic carbocycles. The summed E-state index contributed by atoms with van der Waals surface area (Å²) in [5, 5.41) is 6.63. The van der Waals surface area contributed by atoms with Crippen molar-refractivity contribution in [1.82, 2.24) is 20.2 Å². The normalized spacial score (nSPS) is 11.8. The lowest BCUT2D eigenvalue weighted by Crippen LogP contribution is -2.38. The Balaban J connectivity index is 1.70. The van der Waals surface area contributed by atoms with Crippen LogP contribution in [0.15, 0.2) is 48.0 Å². The number of aromatic nitrogens is 2. The molecule has 0 unspecified atom stereocenters. The second-order valence-corrected chi connectivity index (χ2v) is 6.70. The van der Waals surface area contributed by atoms with Crippen molar-refractivity contribution < 1.29 is 4.74 Å². The average Bonchev–Trinajstić information content (AvgIpc) is 3.13. The molecule has 2 aromatic rings. The minimum absolute atomic E-state index is 0.682. The first-order chi connectivity index (χ1) is 12.7. The number of hydrogen-bond donors (Lipinski definition) is 2. The Morgan fingerprint density at radius 2 is 2.08 bits per heavy atom. The van der Waals surface area contributed by atoms with Crippen LogP contribution in [0.1, 0.15) is 31.4 Å². The van der Waals surface area contributed by atoms with Crippen molar-refractivity contribution in [3.05, 3.63) is 54.1 Å². The number of nitrogens with one attached hydrogen (secondary N) is 2. The molecular weight excluding hydrogens is 326 g/mol. The Labute approximate surface area is 156 Å². The number of aliphatic imine (C=N–C) groups is 1. The highest BCUT2D eigenvalue weighted by molar-refractivity contribution is 5.79. The summed E-state index contributed by atoms with van der Waals surface area (Å²) < 4.78 is 7.68. The van der Waals surface area contributed by atoms with E-state index in [1.807, 2.05) is 12.5 Å².